The quantitative estimate of drug-likeness (QED) is 0.777. The van der Waals surface area contributed by atoms with Crippen LogP contribution in [0.3, 0.4) is 0 Å². The Kier molecular flexibility index (Phi) is 7.32. The Morgan fingerprint density at radius 1 is 1.10 bits per heavy atom. The molecule has 1 heterocycles. The van der Waals surface area contributed by atoms with E-state index >= 15 is 0 Å². The lowest BCUT2D eigenvalue weighted by Crippen LogP contribution is -2.47. The Bertz CT molecular complexity index is 247. The van der Waals surface area contributed by atoms with Crippen LogP contribution >= 0.6 is 0 Å². The average Bonchev–Trinajstić information content (AvgIpc) is 2.49. The van der Waals surface area contributed by atoms with E-state index in [0.717, 1.165) is 25.6 Å². The predicted molar refractivity (Wildman–Crippen MR) is 85.1 cm³/mol. The van der Waals surface area contributed by atoms with Crippen LogP contribution in [-0.4, -0.2) is 50.3 Å². The molecule has 1 saturated heterocycles. The minimum absolute atomic E-state index is 0.474. The van der Waals surface area contributed by atoms with Gasteiger partial charge >= 0.3 is 0 Å². The molecular weight excluding hydrogens is 248 g/mol. The van der Waals surface area contributed by atoms with Crippen LogP contribution in [0.2, 0.25) is 0 Å². The molecule has 0 radical (unpaired) electrons. The van der Waals surface area contributed by atoms with Crippen LogP contribution < -0.4 is 5.32 Å². The molecule has 1 N–H and O–H groups in total. The second-order valence-electron chi connectivity index (χ2n) is 6.77. The van der Waals surface area contributed by atoms with Gasteiger partial charge in [-0.15, -0.1) is 0 Å². The highest BCUT2D eigenvalue weighted by Gasteiger charge is 2.25. The molecule has 1 aliphatic carbocycles. The topological polar surface area (TPSA) is 24.5 Å². The molecule has 1 aliphatic heterocycles. The van der Waals surface area contributed by atoms with Gasteiger partial charge in [0.25, 0.3) is 0 Å². The van der Waals surface area contributed by atoms with Crippen LogP contribution in [0.5, 0.6) is 0 Å². The SMILES string of the molecule is CCNC(CN(C)CC1CCCCO1)C1CCCCC1. The number of ether oxygens (including phenoxy) is 1. The van der Waals surface area contributed by atoms with Crippen LogP contribution in [0.4, 0.5) is 0 Å². The van der Waals surface area contributed by atoms with E-state index < -0.39 is 0 Å². The predicted octanol–water partition coefficient (Wildman–Crippen LogP) is 3.05. The van der Waals surface area contributed by atoms with Crippen LogP contribution in [-0.2, 0) is 4.74 Å². The second kappa shape index (κ2) is 9.01. The maximum absolute atomic E-state index is 5.87. The summed E-state index contributed by atoms with van der Waals surface area (Å²) in [6.07, 6.45) is 11.5. The van der Waals surface area contributed by atoms with Crippen molar-refractivity contribution < 1.29 is 4.74 Å². The third-order valence-electron chi connectivity index (χ3n) is 4.98. The zero-order chi connectivity index (χ0) is 14.2. The molecule has 2 unspecified atom stereocenters. The smallest absolute Gasteiger partial charge is 0.0701 e. The molecule has 2 aliphatic rings. The molecule has 2 rings (SSSR count). The maximum Gasteiger partial charge on any atom is 0.0701 e. The first kappa shape index (κ1) is 16.3. The summed E-state index contributed by atoms with van der Waals surface area (Å²) in [6, 6.07) is 0.675. The van der Waals surface area contributed by atoms with Gasteiger partial charge in [-0.05, 0) is 51.6 Å². The van der Waals surface area contributed by atoms with Crippen molar-refractivity contribution >= 4 is 0 Å². The minimum atomic E-state index is 0.474. The van der Waals surface area contributed by atoms with Crippen molar-refractivity contribution in [2.45, 2.75) is 70.4 Å². The summed E-state index contributed by atoms with van der Waals surface area (Å²) in [6.45, 7) is 6.58. The molecule has 3 heteroatoms. The molecule has 1 saturated carbocycles. The van der Waals surface area contributed by atoms with Gasteiger partial charge in [0.1, 0.15) is 0 Å². The summed E-state index contributed by atoms with van der Waals surface area (Å²) in [4.78, 5) is 2.50. The van der Waals surface area contributed by atoms with E-state index in [9.17, 15) is 0 Å². The number of nitrogens with one attached hydrogen (secondary N) is 1. The Hall–Kier alpha value is -0.120. The van der Waals surface area contributed by atoms with Gasteiger partial charge in [0.2, 0.25) is 0 Å². The molecule has 118 valence electrons. The Labute approximate surface area is 125 Å². The summed E-state index contributed by atoms with van der Waals surface area (Å²) < 4.78 is 5.87. The number of hydrogen-bond acceptors (Lipinski definition) is 3. The van der Waals surface area contributed by atoms with Gasteiger partial charge in [0.05, 0.1) is 6.10 Å². The third-order valence-corrected chi connectivity index (χ3v) is 4.98. The van der Waals surface area contributed by atoms with Gasteiger partial charge in [-0.25, -0.2) is 0 Å². The van der Waals surface area contributed by atoms with Crippen molar-refractivity contribution in [2.75, 3.05) is 33.3 Å². The highest BCUT2D eigenvalue weighted by Crippen LogP contribution is 2.27. The molecule has 0 aromatic rings. The van der Waals surface area contributed by atoms with Crippen LogP contribution in [0.15, 0.2) is 0 Å². The number of nitrogens with zero attached hydrogens (tertiary/aromatic N) is 1. The van der Waals surface area contributed by atoms with E-state index in [4.69, 9.17) is 4.74 Å². The largest absolute Gasteiger partial charge is 0.377 e. The first-order valence-electron chi connectivity index (χ1n) is 8.83. The molecule has 0 bridgehead atoms. The highest BCUT2D eigenvalue weighted by atomic mass is 16.5. The van der Waals surface area contributed by atoms with Gasteiger partial charge in [0.15, 0.2) is 0 Å². The average molecular weight is 282 g/mol. The summed E-state index contributed by atoms with van der Waals surface area (Å²) in [5.41, 5.74) is 0. The number of rotatable bonds is 7. The van der Waals surface area contributed by atoms with Crippen molar-refractivity contribution in [1.82, 2.24) is 10.2 Å². The molecular formula is C17H34N2O. The summed E-state index contributed by atoms with van der Waals surface area (Å²) in [7, 11) is 2.27. The van der Waals surface area contributed by atoms with Gasteiger partial charge in [-0.3, -0.25) is 0 Å². The lowest BCUT2D eigenvalue weighted by atomic mass is 9.83. The van der Waals surface area contributed by atoms with Gasteiger partial charge in [-0.1, -0.05) is 26.2 Å². The molecule has 2 fully saturated rings. The molecule has 0 amide bonds. The van der Waals surface area contributed by atoms with E-state index in [1.54, 1.807) is 0 Å². The van der Waals surface area contributed by atoms with E-state index in [1.807, 2.05) is 0 Å². The first-order valence-corrected chi connectivity index (χ1v) is 8.83. The van der Waals surface area contributed by atoms with Crippen molar-refractivity contribution in [2.24, 2.45) is 5.92 Å². The maximum atomic E-state index is 5.87. The summed E-state index contributed by atoms with van der Waals surface area (Å²) in [5.74, 6) is 0.887. The molecule has 20 heavy (non-hydrogen) atoms. The number of likely N-dealkylation sites (N-methyl/N-ethyl adjacent to an activating group) is 2. The fourth-order valence-corrected chi connectivity index (χ4v) is 3.89. The fourth-order valence-electron chi connectivity index (χ4n) is 3.89. The monoisotopic (exact) mass is 282 g/mol. The lowest BCUT2D eigenvalue weighted by molar-refractivity contribution is -0.00384. The van der Waals surface area contributed by atoms with Crippen molar-refractivity contribution in [3.8, 4) is 0 Å². The molecule has 0 aromatic heterocycles. The Balaban J connectivity index is 1.76. The normalized spacial score (nSPS) is 26.9. The van der Waals surface area contributed by atoms with E-state index in [2.05, 4.69) is 24.2 Å². The van der Waals surface area contributed by atoms with Crippen LogP contribution in [0.1, 0.15) is 58.3 Å². The molecule has 0 spiro atoms. The van der Waals surface area contributed by atoms with Crippen LogP contribution in [0, 0.1) is 5.92 Å². The molecule has 0 aromatic carbocycles. The van der Waals surface area contributed by atoms with E-state index in [-0.39, 0.29) is 0 Å². The molecule has 3 nitrogen and oxygen atoms in total. The van der Waals surface area contributed by atoms with Gasteiger partial charge in [-0.2, -0.15) is 0 Å². The van der Waals surface area contributed by atoms with Gasteiger partial charge in [0, 0.05) is 25.7 Å². The Morgan fingerprint density at radius 3 is 2.50 bits per heavy atom. The summed E-state index contributed by atoms with van der Waals surface area (Å²) in [5, 5.41) is 3.74. The number of hydrogen-bond donors (Lipinski definition) is 1. The molecule has 2 atom stereocenters. The van der Waals surface area contributed by atoms with E-state index in [0.29, 0.717) is 12.1 Å². The minimum Gasteiger partial charge on any atom is -0.377 e. The first-order chi connectivity index (χ1) is 9.79. The van der Waals surface area contributed by atoms with Crippen LogP contribution in [0.25, 0.3) is 0 Å². The highest BCUT2D eigenvalue weighted by molar-refractivity contribution is 4.82. The van der Waals surface area contributed by atoms with Crippen molar-refractivity contribution in [3.05, 3.63) is 0 Å². The van der Waals surface area contributed by atoms with Gasteiger partial charge < -0.3 is 15.0 Å². The lowest BCUT2D eigenvalue weighted by Gasteiger charge is -2.35. The Morgan fingerprint density at radius 2 is 1.85 bits per heavy atom. The second-order valence-corrected chi connectivity index (χ2v) is 6.77. The standard InChI is InChI=1S/C17H34N2O/c1-3-18-17(15-9-5-4-6-10-15)14-19(2)13-16-11-7-8-12-20-16/h15-18H,3-14H2,1-2H3. The fraction of sp³-hybridized carbons (Fsp3) is 1.00. The van der Waals surface area contributed by atoms with Crippen molar-refractivity contribution in [1.29, 1.82) is 0 Å². The zero-order valence-electron chi connectivity index (χ0n) is 13.6. The van der Waals surface area contributed by atoms with E-state index in [1.165, 1.54) is 57.9 Å². The summed E-state index contributed by atoms with van der Waals surface area (Å²) >= 11 is 0. The van der Waals surface area contributed by atoms with Crippen molar-refractivity contribution in [3.63, 3.8) is 0 Å². The zero-order valence-corrected chi connectivity index (χ0v) is 13.6. The third kappa shape index (κ3) is 5.34.